The fraction of sp³-hybridized carbons (Fsp3) is 0.900. The lowest BCUT2D eigenvalue weighted by molar-refractivity contribution is -0.151. The Balaban J connectivity index is 3.37. The van der Waals surface area contributed by atoms with E-state index < -0.39 is 12.1 Å². The highest BCUT2D eigenvalue weighted by molar-refractivity contribution is 5.72. The minimum Gasteiger partial charge on any atom is -0.479 e. The summed E-state index contributed by atoms with van der Waals surface area (Å²) in [5.74, 6) is -0.967. The van der Waals surface area contributed by atoms with Crippen LogP contribution in [0.5, 0.6) is 0 Å². The van der Waals surface area contributed by atoms with Gasteiger partial charge in [0.25, 0.3) is 0 Å². The first-order valence-electron chi connectivity index (χ1n) is 5.33. The summed E-state index contributed by atoms with van der Waals surface area (Å²) in [6.07, 6.45) is 0.196. The molecule has 6 nitrogen and oxygen atoms in total. The molecule has 6 heteroatoms. The molecule has 0 aliphatic heterocycles. The summed E-state index contributed by atoms with van der Waals surface area (Å²) < 4.78 is 15.2. The number of ether oxygens (including phenoxy) is 3. The molecule has 16 heavy (non-hydrogen) atoms. The molecule has 0 heterocycles. The Morgan fingerprint density at radius 1 is 1.31 bits per heavy atom. The van der Waals surface area contributed by atoms with Gasteiger partial charge in [-0.15, -0.1) is 0 Å². The van der Waals surface area contributed by atoms with E-state index in [0.29, 0.717) is 45.8 Å². The molecule has 3 N–H and O–H groups in total. The lowest BCUT2D eigenvalue weighted by Gasteiger charge is -2.12. The molecule has 0 aliphatic carbocycles. The molecule has 0 aromatic rings. The molecule has 0 fully saturated rings. The van der Waals surface area contributed by atoms with Crippen LogP contribution in [0.4, 0.5) is 0 Å². The molecule has 0 aromatic heterocycles. The summed E-state index contributed by atoms with van der Waals surface area (Å²) >= 11 is 0. The monoisotopic (exact) mass is 235 g/mol. The summed E-state index contributed by atoms with van der Waals surface area (Å²) in [4.78, 5) is 10.7. The van der Waals surface area contributed by atoms with Crippen LogP contribution >= 0.6 is 0 Å². The van der Waals surface area contributed by atoms with Crippen LogP contribution < -0.4 is 5.73 Å². The summed E-state index contributed by atoms with van der Waals surface area (Å²) in [6.45, 7) is 2.32. The van der Waals surface area contributed by atoms with Gasteiger partial charge < -0.3 is 25.1 Å². The Morgan fingerprint density at radius 2 is 2.06 bits per heavy atom. The maximum absolute atomic E-state index is 10.7. The van der Waals surface area contributed by atoms with Crippen LogP contribution in [-0.4, -0.2) is 57.3 Å². The second-order valence-electron chi connectivity index (χ2n) is 3.23. The normalized spacial score (nSPS) is 12.6. The number of rotatable bonds is 11. The van der Waals surface area contributed by atoms with Crippen molar-refractivity contribution >= 4 is 5.97 Å². The first kappa shape index (κ1) is 15.3. The van der Waals surface area contributed by atoms with Gasteiger partial charge in [0.1, 0.15) is 0 Å². The Hall–Kier alpha value is -0.690. The predicted octanol–water partition coefficient (Wildman–Crippen LogP) is -0.142. The van der Waals surface area contributed by atoms with Gasteiger partial charge >= 0.3 is 5.97 Å². The Labute approximate surface area is 95.7 Å². The van der Waals surface area contributed by atoms with Crippen molar-refractivity contribution in [3.05, 3.63) is 0 Å². The van der Waals surface area contributed by atoms with Gasteiger partial charge in [0, 0.05) is 20.3 Å². The number of hydrogen-bond donors (Lipinski definition) is 2. The molecule has 0 bridgehead atoms. The van der Waals surface area contributed by atoms with Gasteiger partial charge in [0.2, 0.25) is 0 Å². The van der Waals surface area contributed by atoms with Gasteiger partial charge in [-0.2, -0.15) is 0 Å². The van der Waals surface area contributed by atoms with E-state index in [2.05, 4.69) is 0 Å². The third kappa shape index (κ3) is 8.60. The largest absolute Gasteiger partial charge is 0.479 e. The van der Waals surface area contributed by atoms with Crippen LogP contribution in [0.2, 0.25) is 0 Å². The first-order valence-corrected chi connectivity index (χ1v) is 5.33. The number of carboxylic acids is 1. The van der Waals surface area contributed by atoms with Gasteiger partial charge in [-0.1, -0.05) is 0 Å². The summed E-state index contributed by atoms with van der Waals surface area (Å²) in [7, 11) is 1.61. The lowest BCUT2D eigenvalue weighted by atomic mass is 10.2. The smallest absolute Gasteiger partial charge is 0.332 e. The maximum Gasteiger partial charge on any atom is 0.332 e. The van der Waals surface area contributed by atoms with Gasteiger partial charge in [-0.05, 0) is 19.4 Å². The van der Waals surface area contributed by atoms with E-state index in [9.17, 15) is 4.79 Å². The van der Waals surface area contributed by atoms with Crippen LogP contribution in [0, 0.1) is 0 Å². The third-order valence-electron chi connectivity index (χ3n) is 1.89. The number of carboxylic acid groups (broad SMARTS) is 1. The van der Waals surface area contributed by atoms with E-state index in [1.165, 1.54) is 0 Å². The molecule has 0 aromatic carbocycles. The molecule has 0 amide bonds. The zero-order chi connectivity index (χ0) is 12.2. The standard InChI is InChI=1S/C10H21NO5/c1-14-7-8-15-5-2-6-16-9(3-4-11)10(12)13/h9H,2-8,11H2,1H3,(H,12,13). The van der Waals surface area contributed by atoms with Crippen molar-refractivity contribution in [1.82, 2.24) is 0 Å². The first-order chi connectivity index (χ1) is 7.72. The van der Waals surface area contributed by atoms with Crippen molar-refractivity contribution in [1.29, 1.82) is 0 Å². The molecule has 96 valence electrons. The lowest BCUT2D eigenvalue weighted by Crippen LogP contribution is -2.27. The highest BCUT2D eigenvalue weighted by Gasteiger charge is 2.16. The third-order valence-corrected chi connectivity index (χ3v) is 1.89. The van der Waals surface area contributed by atoms with Crippen molar-refractivity contribution < 1.29 is 24.1 Å². The van der Waals surface area contributed by atoms with Crippen LogP contribution in [0.25, 0.3) is 0 Å². The molecule has 0 saturated heterocycles. The average Bonchev–Trinajstić information content (AvgIpc) is 2.26. The van der Waals surface area contributed by atoms with E-state index >= 15 is 0 Å². The second-order valence-corrected chi connectivity index (χ2v) is 3.23. The number of methoxy groups -OCH3 is 1. The SMILES string of the molecule is COCCOCCCOC(CCN)C(=O)O. The molecule has 1 unspecified atom stereocenters. The van der Waals surface area contributed by atoms with Crippen LogP contribution in [0.1, 0.15) is 12.8 Å². The Bertz CT molecular complexity index is 177. The van der Waals surface area contributed by atoms with Crippen LogP contribution in [-0.2, 0) is 19.0 Å². The number of aliphatic carboxylic acids is 1. The van der Waals surface area contributed by atoms with Crippen LogP contribution in [0.3, 0.4) is 0 Å². The number of hydrogen-bond acceptors (Lipinski definition) is 5. The topological polar surface area (TPSA) is 91.0 Å². The minimum atomic E-state index is -0.967. The van der Waals surface area contributed by atoms with Crippen molar-refractivity contribution in [3.8, 4) is 0 Å². The van der Waals surface area contributed by atoms with Gasteiger partial charge in [0.15, 0.2) is 6.10 Å². The van der Waals surface area contributed by atoms with Crippen LogP contribution in [0.15, 0.2) is 0 Å². The fourth-order valence-corrected chi connectivity index (χ4v) is 1.06. The van der Waals surface area contributed by atoms with Crippen molar-refractivity contribution in [3.63, 3.8) is 0 Å². The van der Waals surface area contributed by atoms with E-state index in [0.717, 1.165) is 0 Å². The fourth-order valence-electron chi connectivity index (χ4n) is 1.06. The number of nitrogens with two attached hydrogens (primary N) is 1. The molecule has 0 aliphatic rings. The molecular formula is C10H21NO5. The molecular weight excluding hydrogens is 214 g/mol. The predicted molar refractivity (Wildman–Crippen MR) is 58.4 cm³/mol. The Morgan fingerprint density at radius 3 is 2.62 bits per heavy atom. The van der Waals surface area contributed by atoms with Gasteiger partial charge in [0.05, 0.1) is 13.2 Å². The summed E-state index contributed by atoms with van der Waals surface area (Å²) in [5.41, 5.74) is 5.27. The van der Waals surface area contributed by atoms with Crippen molar-refractivity contribution in [2.45, 2.75) is 18.9 Å². The highest BCUT2D eigenvalue weighted by Crippen LogP contribution is 1.99. The molecule has 0 radical (unpaired) electrons. The van der Waals surface area contributed by atoms with Crippen molar-refractivity contribution in [2.24, 2.45) is 5.73 Å². The maximum atomic E-state index is 10.7. The molecule has 0 rings (SSSR count). The van der Waals surface area contributed by atoms with Gasteiger partial charge in [-0.25, -0.2) is 4.79 Å². The minimum absolute atomic E-state index is 0.307. The van der Waals surface area contributed by atoms with Crippen molar-refractivity contribution in [2.75, 3.05) is 40.1 Å². The average molecular weight is 235 g/mol. The highest BCUT2D eigenvalue weighted by atomic mass is 16.5. The summed E-state index contributed by atoms with van der Waals surface area (Å²) in [5, 5.41) is 8.75. The van der Waals surface area contributed by atoms with E-state index in [1.807, 2.05) is 0 Å². The second kappa shape index (κ2) is 10.8. The molecule has 0 saturated carbocycles. The molecule has 0 spiro atoms. The summed E-state index contributed by atoms with van der Waals surface area (Å²) in [6, 6.07) is 0. The van der Waals surface area contributed by atoms with E-state index in [1.54, 1.807) is 7.11 Å². The number of carbonyl (C=O) groups is 1. The van der Waals surface area contributed by atoms with Gasteiger partial charge in [-0.3, -0.25) is 0 Å². The Kier molecular flexibility index (Phi) is 10.3. The molecule has 1 atom stereocenters. The van der Waals surface area contributed by atoms with E-state index in [-0.39, 0.29) is 0 Å². The zero-order valence-corrected chi connectivity index (χ0v) is 9.68. The quantitative estimate of drug-likeness (QED) is 0.484. The zero-order valence-electron chi connectivity index (χ0n) is 9.68. The van der Waals surface area contributed by atoms with E-state index in [4.69, 9.17) is 25.1 Å².